The molecule has 0 bridgehead atoms. The highest BCUT2D eigenvalue weighted by molar-refractivity contribution is 6.66. The summed E-state index contributed by atoms with van der Waals surface area (Å²) in [6.07, 6.45) is 1.04. The third kappa shape index (κ3) is 22.5. The first-order valence-electron chi connectivity index (χ1n) is 3.54. The quantitative estimate of drug-likeness (QED) is 0.319. The number of nitrogens with zero attached hydrogens (tertiary/aromatic N) is 1. The Labute approximate surface area is 87.2 Å². The van der Waals surface area contributed by atoms with Gasteiger partial charge in [0.1, 0.15) is 11.1 Å². The molecule has 0 aliphatic heterocycles. The van der Waals surface area contributed by atoms with Crippen molar-refractivity contribution in [2.45, 2.75) is 0 Å². The maximum atomic E-state index is 9.46. The van der Waals surface area contributed by atoms with E-state index < -0.39 is 5.24 Å². The van der Waals surface area contributed by atoms with Crippen LogP contribution in [0.3, 0.4) is 0 Å². The van der Waals surface area contributed by atoms with E-state index in [1.165, 1.54) is 0 Å². The summed E-state index contributed by atoms with van der Waals surface area (Å²) in [5.74, 6) is 0. The van der Waals surface area contributed by atoms with E-state index in [4.69, 9.17) is 22.7 Å². The number of nitrogens with one attached hydrogen (secondary N) is 2. The van der Waals surface area contributed by atoms with Crippen LogP contribution in [0.2, 0.25) is 0 Å². The second-order valence-corrected chi connectivity index (χ2v) is 2.15. The molecule has 14 heavy (non-hydrogen) atoms. The standard InChI is InChI=1S/C6H6.C3H3ClO.H2N3/c1-2-4-6-5-3-1;1-2-3(4)5;1-3-2/h1-6H;2H,1H2;1-2H/q;;+1. The van der Waals surface area contributed by atoms with E-state index >= 15 is 0 Å². The van der Waals surface area contributed by atoms with Crippen LogP contribution in [0.1, 0.15) is 0 Å². The number of allylic oxidation sites excluding steroid dienone is 1. The third-order valence-corrected chi connectivity index (χ3v) is 0.981. The molecule has 1 aromatic rings. The lowest BCUT2D eigenvalue weighted by molar-refractivity contribution is -0.107. The number of carbonyl (C=O) groups excluding carboxylic acids is 1. The summed E-state index contributed by atoms with van der Waals surface area (Å²) >= 11 is 4.71. The fraction of sp³-hybridized carbons (Fsp3) is 0. The molecule has 0 radical (unpaired) electrons. The Morgan fingerprint density at radius 2 is 1.29 bits per heavy atom. The monoisotopic (exact) mass is 212 g/mol. The topological polar surface area (TPSA) is 78.9 Å². The zero-order valence-electron chi connectivity index (χ0n) is 7.48. The average molecular weight is 213 g/mol. The van der Waals surface area contributed by atoms with E-state index in [1.807, 2.05) is 41.3 Å². The van der Waals surface area contributed by atoms with E-state index in [1.54, 1.807) is 0 Å². The number of hydrogen-bond donors (Lipinski definition) is 2. The molecule has 0 aliphatic rings. The molecule has 1 rings (SSSR count). The number of rotatable bonds is 1. The molecule has 0 saturated heterocycles. The summed E-state index contributed by atoms with van der Waals surface area (Å²) in [5, 5.41) is -0.509. The van der Waals surface area contributed by atoms with Crippen LogP contribution in [0.4, 0.5) is 0 Å². The van der Waals surface area contributed by atoms with E-state index in [0.29, 0.717) is 0 Å². The first-order chi connectivity index (χ1) is 6.68. The van der Waals surface area contributed by atoms with Crippen LogP contribution in [-0.2, 0) is 4.79 Å². The molecule has 4 nitrogen and oxygen atoms in total. The van der Waals surface area contributed by atoms with Gasteiger partial charge in [-0.1, -0.05) is 43.0 Å². The van der Waals surface area contributed by atoms with Gasteiger partial charge in [0.05, 0.1) is 0 Å². The van der Waals surface area contributed by atoms with Gasteiger partial charge in [0, 0.05) is 0 Å². The van der Waals surface area contributed by atoms with Gasteiger partial charge < -0.3 is 0 Å². The second kappa shape index (κ2) is 13.8. The minimum atomic E-state index is -0.509. The largest absolute Gasteiger partial charge is 0.276 e. The molecule has 0 unspecified atom stereocenters. The van der Waals surface area contributed by atoms with Crippen molar-refractivity contribution >= 4 is 16.8 Å². The van der Waals surface area contributed by atoms with Gasteiger partial charge in [-0.15, -0.1) is 0 Å². The molecule has 0 aromatic heterocycles. The summed E-state index contributed by atoms with van der Waals surface area (Å²) in [7, 11) is 0. The minimum Gasteiger partial charge on any atom is -0.276 e. The number of hydrogen-bond acceptors (Lipinski definition) is 3. The zero-order valence-corrected chi connectivity index (χ0v) is 8.24. The van der Waals surface area contributed by atoms with Crippen LogP contribution < -0.4 is 4.91 Å². The predicted molar refractivity (Wildman–Crippen MR) is 55.1 cm³/mol. The van der Waals surface area contributed by atoms with Crippen molar-refractivity contribution in [3.8, 4) is 0 Å². The fourth-order valence-corrected chi connectivity index (χ4v) is 0.385. The highest BCUT2D eigenvalue weighted by Crippen LogP contribution is 1.79. The van der Waals surface area contributed by atoms with Crippen molar-refractivity contribution < 1.29 is 4.79 Å². The van der Waals surface area contributed by atoms with Crippen molar-refractivity contribution in [3.63, 3.8) is 0 Å². The minimum absolute atomic E-state index is 0.509. The van der Waals surface area contributed by atoms with Gasteiger partial charge in [-0.3, -0.25) is 4.79 Å². The Morgan fingerprint density at radius 1 is 1.14 bits per heavy atom. The van der Waals surface area contributed by atoms with Gasteiger partial charge in [0.15, 0.2) is 0 Å². The Hall–Kier alpha value is -1.77. The van der Waals surface area contributed by atoms with Crippen molar-refractivity contribution in [2.75, 3.05) is 0 Å². The summed E-state index contributed by atoms with van der Waals surface area (Å²) in [4.78, 5) is 11.5. The first kappa shape index (κ1) is 14.7. The van der Waals surface area contributed by atoms with Gasteiger partial charge in [-0.05, 0) is 17.7 Å². The van der Waals surface area contributed by atoms with Gasteiger partial charge >= 0.3 is 0 Å². The predicted octanol–water partition coefficient (Wildman–Crippen LogP) is 2.74. The first-order valence-corrected chi connectivity index (χ1v) is 3.92. The molecule has 0 fully saturated rings. The number of carbonyl (C=O) groups is 1. The maximum Gasteiger partial charge on any atom is 0.244 e. The van der Waals surface area contributed by atoms with E-state index in [2.05, 4.69) is 6.58 Å². The summed E-state index contributed by atoms with van der Waals surface area (Å²) in [6.45, 7) is 3.08. The normalized spacial score (nSPS) is 6.36. The lowest BCUT2D eigenvalue weighted by atomic mass is 10.4. The third-order valence-electron chi connectivity index (χ3n) is 0.827. The Balaban J connectivity index is 0. The molecular formula is C9H11ClN3O+. The van der Waals surface area contributed by atoms with Gasteiger partial charge in [-0.2, -0.15) is 0 Å². The molecule has 1 aromatic carbocycles. The van der Waals surface area contributed by atoms with Crippen LogP contribution in [0, 0.1) is 11.1 Å². The summed E-state index contributed by atoms with van der Waals surface area (Å²) in [5.41, 5.74) is 11.0. The number of halogens is 1. The van der Waals surface area contributed by atoms with Crippen molar-refractivity contribution in [3.05, 3.63) is 49.1 Å². The van der Waals surface area contributed by atoms with Crippen LogP contribution in [0.25, 0.3) is 0 Å². The Morgan fingerprint density at radius 3 is 1.36 bits per heavy atom. The molecule has 5 heteroatoms. The second-order valence-electron chi connectivity index (χ2n) is 1.77. The smallest absolute Gasteiger partial charge is 0.244 e. The van der Waals surface area contributed by atoms with E-state index in [-0.39, 0.29) is 0 Å². The number of benzene rings is 1. The van der Waals surface area contributed by atoms with Gasteiger partial charge in [0.25, 0.3) is 0 Å². The molecule has 0 heterocycles. The van der Waals surface area contributed by atoms with Crippen LogP contribution in [-0.4, -0.2) is 5.24 Å². The zero-order chi connectivity index (χ0) is 11.2. The fourth-order valence-electron chi connectivity index (χ4n) is 0.385. The van der Waals surface area contributed by atoms with Gasteiger partial charge in [-0.25, -0.2) is 0 Å². The highest BCUT2D eigenvalue weighted by Gasteiger charge is 1.74. The van der Waals surface area contributed by atoms with E-state index in [0.717, 1.165) is 6.08 Å². The lowest BCUT2D eigenvalue weighted by Gasteiger charge is -1.69. The molecule has 0 amide bonds. The van der Waals surface area contributed by atoms with Crippen LogP contribution in [0.15, 0.2) is 49.1 Å². The van der Waals surface area contributed by atoms with Crippen LogP contribution in [0.5, 0.6) is 0 Å². The molecule has 74 valence electrons. The average Bonchev–Trinajstić information content (AvgIpc) is 2.22. The maximum absolute atomic E-state index is 9.46. The lowest BCUT2D eigenvalue weighted by Crippen LogP contribution is -1.67. The Bertz CT molecular complexity index is 255. The molecular weight excluding hydrogens is 202 g/mol. The van der Waals surface area contributed by atoms with Gasteiger partial charge in [0.2, 0.25) is 10.2 Å². The molecule has 2 N–H and O–H groups in total. The van der Waals surface area contributed by atoms with Crippen molar-refractivity contribution in [1.82, 2.24) is 4.91 Å². The SMILES string of the molecule is C=CC(=O)Cl.N=[N+]=N.c1ccccc1. The Kier molecular flexibility index (Phi) is 14.5. The molecule has 0 aliphatic carbocycles. The molecule has 0 saturated carbocycles. The van der Waals surface area contributed by atoms with Crippen molar-refractivity contribution in [1.29, 1.82) is 11.1 Å². The van der Waals surface area contributed by atoms with Crippen LogP contribution >= 0.6 is 11.6 Å². The molecule has 0 atom stereocenters. The highest BCUT2D eigenvalue weighted by atomic mass is 35.5. The van der Waals surface area contributed by atoms with E-state index in [9.17, 15) is 4.79 Å². The van der Waals surface area contributed by atoms with Crippen molar-refractivity contribution in [2.24, 2.45) is 0 Å². The molecule has 0 spiro atoms. The summed E-state index contributed by atoms with van der Waals surface area (Å²) in [6, 6.07) is 12.0. The summed E-state index contributed by atoms with van der Waals surface area (Å²) < 4.78 is 0.